The van der Waals surface area contributed by atoms with Gasteiger partial charge in [-0.2, -0.15) is 0 Å². The zero-order valence-corrected chi connectivity index (χ0v) is 15.3. The van der Waals surface area contributed by atoms with Crippen LogP contribution in [0.5, 0.6) is 0 Å². The van der Waals surface area contributed by atoms with E-state index < -0.39 is 14.8 Å². The normalized spacial score (nSPS) is 17.7. The van der Waals surface area contributed by atoms with Gasteiger partial charge in [-0.25, -0.2) is 8.42 Å². The van der Waals surface area contributed by atoms with Crippen LogP contribution in [0.15, 0.2) is 53.4 Å². The third-order valence-electron chi connectivity index (χ3n) is 4.48. The molecule has 8 heteroatoms. The fraction of sp³-hybridized carbons (Fsp3) is 0.333. The Morgan fingerprint density at radius 1 is 1.15 bits per heavy atom. The number of piperidine rings is 1. The second-order valence-electron chi connectivity index (χ2n) is 6.45. The maximum Gasteiger partial charge on any atom is 0.310 e. The molecule has 0 amide bonds. The van der Waals surface area contributed by atoms with Crippen molar-refractivity contribution < 1.29 is 13.3 Å². The average molecular weight is 375 g/mol. The zero-order chi connectivity index (χ0) is 18.7. The Bertz CT molecular complexity index is 900. The lowest BCUT2D eigenvalue weighted by Gasteiger charge is -2.35. The molecule has 0 saturated carbocycles. The monoisotopic (exact) mass is 375 g/mol. The van der Waals surface area contributed by atoms with Crippen molar-refractivity contribution in [3.63, 3.8) is 0 Å². The first-order chi connectivity index (χ1) is 12.4. The predicted octanol–water partition coefficient (Wildman–Crippen LogP) is 3.08. The Hall–Kier alpha value is -2.61. The second kappa shape index (κ2) is 7.33. The summed E-state index contributed by atoms with van der Waals surface area (Å²) in [7, 11) is -3.69. The number of nitro benzene ring substituents is 1. The van der Waals surface area contributed by atoms with E-state index in [1.165, 1.54) is 12.1 Å². The Kier molecular flexibility index (Phi) is 5.13. The summed E-state index contributed by atoms with van der Waals surface area (Å²) in [6.45, 7) is 1.62. The first kappa shape index (κ1) is 18.2. The van der Waals surface area contributed by atoms with Gasteiger partial charge in [-0.1, -0.05) is 24.3 Å². The van der Waals surface area contributed by atoms with Gasteiger partial charge < -0.3 is 10.2 Å². The van der Waals surface area contributed by atoms with E-state index in [9.17, 15) is 18.5 Å². The number of nitro groups is 1. The molecule has 1 fully saturated rings. The molecule has 2 aromatic carbocycles. The highest BCUT2D eigenvalue weighted by atomic mass is 32.2. The van der Waals surface area contributed by atoms with Gasteiger partial charge in [-0.3, -0.25) is 10.1 Å². The van der Waals surface area contributed by atoms with E-state index in [-0.39, 0.29) is 22.3 Å². The van der Waals surface area contributed by atoms with Gasteiger partial charge in [0.25, 0.3) is 0 Å². The first-order valence-corrected chi connectivity index (χ1v) is 10.3. The number of sulfone groups is 1. The zero-order valence-electron chi connectivity index (χ0n) is 14.5. The highest BCUT2D eigenvalue weighted by Gasteiger charge is 2.28. The molecule has 3 rings (SSSR count). The van der Waals surface area contributed by atoms with Crippen LogP contribution in [0.1, 0.15) is 12.8 Å². The van der Waals surface area contributed by atoms with E-state index in [0.29, 0.717) is 6.54 Å². The SMILES string of the molecule is CS(=O)(=O)c1cccc(NC2CCCN(c3ccccc3)C2)c1[N+](=O)[O-]. The highest BCUT2D eigenvalue weighted by molar-refractivity contribution is 7.90. The first-order valence-electron chi connectivity index (χ1n) is 8.40. The van der Waals surface area contributed by atoms with E-state index in [2.05, 4.69) is 10.2 Å². The molecule has 1 unspecified atom stereocenters. The number of rotatable bonds is 5. The van der Waals surface area contributed by atoms with Gasteiger partial charge in [0.05, 0.1) is 4.92 Å². The summed E-state index contributed by atoms with van der Waals surface area (Å²) in [5, 5.41) is 14.7. The van der Waals surface area contributed by atoms with Crippen molar-refractivity contribution >= 4 is 26.9 Å². The van der Waals surface area contributed by atoms with Gasteiger partial charge in [-0.15, -0.1) is 0 Å². The number of para-hydroxylation sites is 2. The summed E-state index contributed by atoms with van der Waals surface area (Å²) in [4.78, 5) is 12.8. The minimum atomic E-state index is -3.69. The number of nitrogens with zero attached hydrogens (tertiary/aromatic N) is 2. The van der Waals surface area contributed by atoms with Crippen molar-refractivity contribution in [3.05, 3.63) is 58.6 Å². The van der Waals surface area contributed by atoms with Gasteiger partial charge in [0, 0.05) is 31.1 Å². The van der Waals surface area contributed by atoms with Crippen molar-refractivity contribution in [2.45, 2.75) is 23.8 Å². The lowest BCUT2D eigenvalue weighted by molar-refractivity contribution is -0.386. The molecule has 138 valence electrons. The smallest absolute Gasteiger partial charge is 0.310 e. The van der Waals surface area contributed by atoms with Crippen LogP contribution >= 0.6 is 0 Å². The largest absolute Gasteiger partial charge is 0.375 e. The summed E-state index contributed by atoms with van der Waals surface area (Å²) in [6, 6.07) is 14.4. The van der Waals surface area contributed by atoms with E-state index in [1.807, 2.05) is 30.3 Å². The standard InChI is InChI=1S/C18H21N3O4S/c1-26(24,25)17-11-5-10-16(18(17)21(22)23)19-14-7-6-12-20(13-14)15-8-3-2-4-9-15/h2-5,8-11,14,19H,6-7,12-13H2,1H3. The molecule has 1 saturated heterocycles. The highest BCUT2D eigenvalue weighted by Crippen LogP contribution is 2.33. The van der Waals surface area contributed by atoms with Crippen molar-refractivity contribution in [1.82, 2.24) is 0 Å². The molecule has 1 aliphatic rings. The van der Waals surface area contributed by atoms with Crippen LogP contribution in [-0.2, 0) is 9.84 Å². The summed E-state index contributed by atoms with van der Waals surface area (Å²) in [5.74, 6) is 0. The molecule has 1 aliphatic heterocycles. The molecule has 2 aromatic rings. The molecule has 1 atom stereocenters. The van der Waals surface area contributed by atoms with E-state index in [1.54, 1.807) is 6.07 Å². The van der Waals surface area contributed by atoms with E-state index >= 15 is 0 Å². The third-order valence-corrected chi connectivity index (χ3v) is 5.61. The summed E-state index contributed by atoms with van der Waals surface area (Å²) >= 11 is 0. The van der Waals surface area contributed by atoms with Crippen LogP contribution < -0.4 is 10.2 Å². The van der Waals surface area contributed by atoms with Crippen LogP contribution in [0.3, 0.4) is 0 Å². The predicted molar refractivity (Wildman–Crippen MR) is 102 cm³/mol. The molecule has 26 heavy (non-hydrogen) atoms. The number of hydrogen-bond donors (Lipinski definition) is 1. The van der Waals surface area contributed by atoms with Gasteiger partial charge in [0.2, 0.25) is 0 Å². The summed E-state index contributed by atoms with van der Waals surface area (Å²) in [5.41, 5.74) is 0.975. The number of hydrogen-bond acceptors (Lipinski definition) is 6. The fourth-order valence-electron chi connectivity index (χ4n) is 3.31. The minimum Gasteiger partial charge on any atom is -0.375 e. The van der Waals surface area contributed by atoms with Crippen LogP contribution in [-0.4, -0.2) is 38.7 Å². The van der Waals surface area contributed by atoms with Crippen LogP contribution in [0.4, 0.5) is 17.1 Å². The Morgan fingerprint density at radius 2 is 1.88 bits per heavy atom. The van der Waals surface area contributed by atoms with Crippen molar-refractivity contribution in [1.29, 1.82) is 0 Å². The summed E-state index contributed by atoms with van der Waals surface area (Å²) < 4.78 is 23.8. The van der Waals surface area contributed by atoms with Crippen molar-refractivity contribution in [3.8, 4) is 0 Å². The number of nitrogens with one attached hydrogen (secondary N) is 1. The van der Waals surface area contributed by atoms with Gasteiger partial charge in [0.1, 0.15) is 10.6 Å². The number of anilines is 2. The molecule has 1 heterocycles. The molecular formula is C18H21N3O4S. The van der Waals surface area contributed by atoms with E-state index in [0.717, 1.165) is 31.3 Å². The Labute approximate surface area is 152 Å². The summed E-state index contributed by atoms with van der Waals surface area (Å²) in [6.07, 6.45) is 2.80. The topological polar surface area (TPSA) is 92.6 Å². The van der Waals surface area contributed by atoms with E-state index in [4.69, 9.17) is 0 Å². The van der Waals surface area contributed by atoms with Gasteiger partial charge in [0.15, 0.2) is 9.84 Å². The molecule has 0 aromatic heterocycles. The Morgan fingerprint density at radius 3 is 2.54 bits per heavy atom. The molecule has 7 nitrogen and oxygen atoms in total. The van der Waals surface area contributed by atoms with Crippen LogP contribution in [0.2, 0.25) is 0 Å². The third kappa shape index (κ3) is 3.96. The molecule has 0 radical (unpaired) electrons. The van der Waals surface area contributed by atoms with Gasteiger partial charge in [-0.05, 0) is 37.1 Å². The molecular weight excluding hydrogens is 354 g/mol. The van der Waals surface area contributed by atoms with Crippen molar-refractivity contribution in [2.75, 3.05) is 29.6 Å². The quantitative estimate of drug-likeness (QED) is 0.638. The van der Waals surface area contributed by atoms with Crippen LogP contribution in [0.25, 0.3) is 0 Å². The lowest BCUT2D eigenvalue weighted by atomic mass is 10.0. The fourth-order valence-corrected chi connectivity index (χ4v) is 4.18. The van der Waals surface area contributed by atoms with Crippen molar-refractivity contribution in [2.24, 2.45) is 0 Å². The molecule has 0 aliphatic carbocycles. The van der Waals surface area contributed by atoms with Crippen LogP contribution in [0, 0.1) is 10.1 Å². The minimum absolute atomic E-state index is 0.00235. The van der Waals surface area contributed by atoms with Gasteiger partial charge >= 0.3 is 5.69 Å². The average Bonchev–Trinajstić information content (AvgIpc) is 2.61. The molecule has 1 N–H and O–H groups in total. The number of benzene rings is 2. The maximum absolute atomic E-state index is 11.9. The second-order valence-corrected chi connectivity index (χ2v) is 8.43. The maximum atomic E-state index is 11.9. The lowest BCUT2D eigenvalue weighted by Crippen LogP contribution is -2.42. The molecule has 0 bridgehead atoms. The Balaban J connectivity index is 1.86. The molecule has 0 spiro atoms.